The SMILES string of the molecule is CN=C(NCc1ccc(F)cc1CSC)NCc1cccnc1N(C)C.I. The first-order valence-electron chi connectivity index (χ1n) is 8.37. The summed E-state index contributed by atoms with van der Waals surface area (Å²) in [6.07, 6.45) is 3.80. The van der Waals surface area contributed by atoms with Crippen molar-refractivity contribution in [2.75, 3.05) is 32.3 Å². The third-order valence-electron chi connectivity index (χ3n) is 3.88. The van der Waals surface area contributed by atoms with Crippen molar-refractivity contribution in [2.24, 2.45) is 4.99 Å². The maximum atomic E-state index is 13.5. The van der Waals surface area contributed by atoms with Crippen LogP contribution in [0.2, 0.25) is 0 Å². The number of nitrogens with zero attached hydrogens (tertiary/aromatic N) is 3. The summed E-state index contributed by atoms with van der Waals surface area (Å²) < 4.78 is 13.5. The number of hydrogen-bond donors (Lipinski definition) is 2. The lowest BCUT2D eigenvalue weighted by Gasteiger charge is -2.18. The second-order valence-corrected chi connectivity index (χ2v) is 6.87. The van der Waals surface area contributed by atoms with E-state index < -0.39 is 0 Å². The van der Waals surface area contributed by atoms with E-state index in [4.69, 9.17) is 0 Å². The molecule has 0 unspecified atom stereocenters. The molecule has 0 spiro atoms. The van der Waals surface area contributed by atoms with E-state index >= 15 is 0 Å². The highest BCUT2D eigenvalue weighted by Crippen LogP contribution is 2.17. The van der Waals surface area contributed by atoms with Gasteiger partial charge in [0.1, 0.15) is 11.6 Å². The second-order valence-electron chi connectivity index (χ2n) is 6.01. The summed E-state index contributed by atoms with van der Waals surface area (Å²) in [7, 11) is 5.68. The highest BCUT2D eigenvalue weighted by Gasteiger charge is 2.08. The first-order chi connectivity index (χ1) is 12.5. The van der Waals surface area contributed by atoms with Gasteiger partial charge in [-0.05, 0) is 35.6 Å². The van der Waals surface area contributed by atoms with Crippen LogP contribution >= 0.6 is 35.7 Å². The quantitative estimate of drug-likeness (QED) is 0.344. The van der Waals surface area contributed by atoms with Crippen LogP contribution in [-0.2, 0) is 18.8 Å². The van der Waals surface area contributed by atoms with Gasteiger partial charge in [-0.25, -0.2) is 9.37 Å². The van der Waals surface area contributed by atoms with Gasteiger partial charge in [-0.15, -0.1) is 24.0 Å². The summed E-state index contributed by atoms with van der Waals surface area (Å²) in [5, 5.41) is 6.60. The number of anilines is 1. The standard InChI is InChI=1S/C19H26FN5S.HI/c1-21-19(24-12-15-6-5-9-22-18(15)25(2)3)23-11-14-7-8-17(20)10-16(14)13-26-4;/h5-10H,11-13H2,1-4H3,(H2,21,23,24);1H. The van der Waals surface area contributed by atoms with E-state index in [1.165, 1.54) is 6.07 Å². The average molecular weight is 503 g/mol. The molecule has 1 aromatic heterocycles. The molecule has 0 radical (unpaired) electrons. The molecule has 2 aromatic rings. The Labute approximate surface area is 182 Å². The van der Waals surface area contributed by atoms with Crippen molar-refractivity contribution >= 4 is 47.5 Å². The average Bonchev–Trinajstić information content (AvgIpc) is 2.63. The van der Waals surface area contributed by atoms with Crippen LogP contribution in [0, 0.1) is 5.82 Å². The molecule has 0 saturated heterocycles. The smallest absolute Gasteiger partial charge is 0.191 e. The lowest BCUT2D eigenvalue weighted by molar-refractivity contribution is 0.625. The molecule has 148 valence electrons. The second kappa shape index (κ2) is 12.0. The monoisotopic (exact) mass is 503 g/mol. The Bertz CT molecular complexity index is 755. The van der Waals surface area contributed by atoms with Gasteiger partial charge in [0.15, 0.2) is 5.96 Å². The summed E-state index contributed by atoms with van der Waals surface area (Å²) >= 11 is 1.68. The van der Waals surface area contributed by atoms with Crippen molar-refractivity contribution in [3.05, 3.63) is 59.0 Å². The van der Waals surface area contributed by atoms with Crippen molar-refractivity contribution in [2.45, 2.75) is 18.8 Å². The largest absolute Gasteiger partial charge is 0.362 e. The van der Waals surface area contributed by atoms with Gasteiger partial charge in [-0.1, -0.05) is 12.1 Å². The highest BCUT2D eigenvalue weighted by molar-refractivity contribution is 14.0. The Morgan fingerprint density at radius 3 is 2.48 bits per heavy atom. The Kier molecular flexibility index (Phi) is 10.5. The maximum Gasteiger partial charge on any atom is 0.191 e. The lowest BCUT2D eigenvalue weighted by Crippen LogP contribution is -2.36. The van der Waals surface area contributed by atoms with Crippen LogP contribution in [0.4, 0.5) is 10.2 Å². The zero-order valence-electron chi connectivity index (χ0n) is 16.1. The van der Waals surface area contributed by atoms with Gasteiger partial charge in [-0.2, -0.15) is 11.8 Å². The van der Waals surface area contributed by atoms with Crippen LogP contribution < -0.4 is 15.5 Å². The summed E-state index contributed by atoms with van der Waals surface area (Å²) in [6, 6.07) is 8.89. The summed E-state index contributed by atoms with van der Waals surface area (Å²) in [5.41, 5.74) is 3.16. The summed E-state index contributed by atoms with van der Waals surface area (Å²) in [5.74, 6) is 2.20. The molecule has 0 amide bonds. The molecule has 0 aliphatic heterocycles. The first kappa shape index (κ1) is 23.5. The lowest BCUT2D eigenvalue weighted by atomic mass is 10.1. The van der Waals surface area contributed by atoms with E-state index in [9.17, 15) is 4.39 Å². The molecule has 0 aliphatic rings. The predicted octanol–water partition coefficient (Wildman–Crippen LogP) is 3.63. The molecule has 2 rings (SSSR count). The van der Waals surface area contributed by atoms with Crippen molar-refractivity contribution in [1.29, 1.82) is 0 Å². The number of benzene rings is 1. The molecule has 0 saturated carbocycles. The van der Waals surface area contributed by atoms with Crippen LogP contribution in [0.3, 0.4) is 0 Å². The molecule has 0 atom stereocenters. The molecule has 0 fully saturated rings. The number of aromatic nitrogens is 1. The van der Waals surface area contributed by atoms with E-state index in [-0.39, 0.29) is 29.8 Å². The Hall–Kier alpha value is -1.55. The van der Waals surface area contributed by atoms with Gasteiger partial charge in [0.25, 0.3) is 0 Å². The van der Waals surface area contributed by atoms with Gasteiger partial charge in [-0.3, -0.25) is 4.99 Å². The molecule has 1 heterocycles. The Morgan fingerprint density at radius 1 is 1.15 bits per heavy atom. The van der Waals surface area contributed by atoms with E-state index in [1.807, 2.05) is 43.5 Å². The fraction of sp³-hybridized carbons (Fsp3) is 0.368. The molecule has 2 N–H and O–H groups in total. The number of halogens is 2. The Balaban J connectivity index is 0.00000364. The number of thioether (sulfide) groups is 1. The van der Waals surface area contributed by atoms with Crippen LogP contribution in [0.15, 0.2) is 41.5 Å². The fourth-order valence-corrected chi connectivity index (χ4v) is 3.19. The van der Waals surface area contributed by atoms with Crippen LogP contribution in [0.5, 0.6) is 0 Å². The number of nitrogens with one attached hydrogen (secondary N) is 2. The first-order valence-corrected chi connectivity index (χ1v) is 9.76. The zero-order chi connectivity index (χ0) is 18.9. The minimum absolute atomic E-state index is 0. The number of hydrogen-bond acceptors (Lipinski definition) is 4. The summed E-state index contributed by atoms with van der Waals surface area (Å²) in [6.45, 7) is 1.20. The van der Waals surface area contributed by atoms with Gasteiger partial charge in [0, 0.05) is 51.7 Å². The predicted molar refractivity (Wildman–Crippen MR) is 125 cm³/mol. The maximum absolute atomic E-state index is 13.5. The highest BCUT2D eigenvalue weighted by atomic mass is 127. The molecule has 5 nitrogen and oxygen atoms in total. The number of pyridine rings is 1. The van der Waals surface area contributed by atoms with Crippen molar-refractivity contribution in [1.82, 2.24) is 15.6 Å². The van der Waals surface area contributed by atoms with E-state index in [2.05, 4.69) is 20.6 Å². The summed E-state index contributed by atoms with van der Waals surface area (Å²) in [4.78, 5) is 10.7. The minimum atomic E-state index is -0.201. The van der Waals surface area contributed by atoms with Gasteiger partial charge >= 0.3 is 0 Å². The number of guanidine groups is 1. The molecule has 0 bridgehead atoms. The van der Waals surface area contributed by atoms with Crippen LogP contribution in [0.25, 0.3) is 0 Å². The third kappa shape index (κ3) is 7.17. The van der Waals surface area contributed by atoms with Gasteiger partial charge in [0.2, 0.25) is 0 Å². The Morgan fingerprint density at radius 2 is 1.85 bits per heavy atom. The fourth-order valence-electron chi connectivity index (χ4n) is 2.61. The van der Waals surface area contributed by atoms with Gasteiger partial charge < -0.3 is 15.5 Å². The van der Waals surface area contributed by atoms with Crippen molar-refractivity contribution in [3.8, 4) is 0 Å². The molecule has 0 aliphatic carbocycles. The van der Waals surface area contributed by atoms with Crippen molar-refractivity contribution < 1.29 is 4.39 Å². The van der Waals surface area contributed by atoms with E-state index in [0.717, 1.165) is 28.3 Å². The van der Waals surface area contributed by atoms with E-state index in [0.29, 0.717) is 19.0 Å². The topological polar surface area (TPSA) is 52.6 Å². The third-order valence-corrected chi connectivity index (χ3v) is 4.48. The minimum Gasteiger partial charge on any atom is -0.362 e. The van der Waals surface area contributed by atoms with Gasteiger partial charge in [0.05, 0.1) is 0 Å². The number of aliphatic imine (C=N–C) groups is 1. The molecule has 27 heavy (non-hydrogen) atoms. The molecule has 8 heteroatoms. The number of rotatable bonds is 7. The van der Waals surface area contributed by atoms with Crippen LogP contribution in [0.1, 0.15) is 16.7 Å². The van der Waals surface area contributed by atoms with Crippen molar-refractivity contribution in [3.63, 3.8) is 0 Å². The van der Waals surface area contributed by atoms with Crippen LogP contribution in [-0.4, -0.2) is 38.3 Å². The normalized spacial score (nSPS) is 10.9. The zero-order valence-corrected chi connectivity index (χ0v) is 19.3. The van der Waals surface area contributed by atoms with E-state index in [1.54, 1.807) is 31.1 Å². The molecular formula is C19H27FIN5S. The molecule has 1 aromatic carbocycles. The molecular weight excluding hydrogens is 476 g/mol.